The zero-order chi connectivity index (χ0) is 11.7. The fourth-order valence-corrected chi connectivity index (χ4v) is 2.87. The molecular formula is C14H20N2O. The van der Waals surface area contributed by atoms with Gasteiger partial charge in [0.1, 0.15) is 5.75 Å². The molecule has 0 bridgehead atoms. The number of hydrogen-bond donors (Lipinski definition) is 2. The summed E-state index contributed by atoms with van der Waals surface area (Å²) in [6.07, 6.45) is 5.78. The Morgan fingerprint density at radius 2 is 2.24 bits per heavy atom. The largest absolute Gasteiger partial charge is 0.493 e. The Hall–Kier alpha value is -1.22. The Balaban J connectivity index is 1.68. The van der Waals surface area contributed by atoms with Crippen LogP contribution in [0.15, 0.2) is 18.2 Å². The Labute approximate surface area is 102 Å². The third kappa shape index (κ3) is 2.39. The Morgan fingerprint density at radius 3 is 3.12 bits per heavy atom. The highest BCUT2D eigenvalue weighted by atomic mass is 16.5. The number of fused-ring (bicyclic) bond motifs is 1. The lowest BCUT2D eigenvalue weighted by Crippen LogP contribution is -2.34. The fraction of sp³-hybridized carbons (Fsp3) is 0.571. The van der Waals surface area contributed by atoms with Gasteiger partial charge in [-0.1, -0.05) is 0 Å². The monoisotopic (exact) mass is 232 g/mol. The molecule has 1 saturated carbocycles. The highest BCUT2D eigenvalue weighted by Gasteiger charge is 2.19. The lowest BCUT2D eigenvalue weighted by atomic mass is 9.91. The van der Waals surface area contributed by atoms with Crippen LogP contribution in [0.4, 0.5) is 5.69 Å². The quantitative estimate of drug-likeness (QED) is 0.822. The van der Waals surface area contributed by atoms with Crippen molar-refractivity contribution in [2.45, 2.75) is 44.2 Å². The Morgan fingerprint density at radius 1 is 1.29 bits per heavy atom. The molecule has 2 atom stereocenters. The lowest BCUT2D eigenvalue weighted by Gasteiger charge is -2.28. The summed E-state index contributed by atoms with van der Waals surface area (Å²) in [5.41, 5.74) is 8.55. The lowest BCUT2D eigenvalue weighted by molar-refractivity contribution is 0.357. The third-order valence-electron chi connectivity index (χ3n) is 3.78. The van der Waals surface area contributed by atoms with Crippen molar-refractivity contribution < 1.29 is 4.74 Å². The van der Waals surface area contributed by atoms with Gasteiger partial charge < -0.3 is 15.8 Å². The average Bonchev–Trinajstić information content (AvgIpc) is 2.76. The van der Waals surface area contributed by atoms with Gasteiger partial charge in [-0.2, -0.15) is 0 Å². The molecule has 0 aromatic heterocycles. The van der Waals surface area contributed by atoms with Gasteiger partial charge in [-0.25, -0.2) is 0 Å². The molecule has 1 aromatic rings. The van der Waals surface area contributed by atoms with Gasteiger partial charge in [0.25, 0.3) is 0 Å². The van der Waals surface area contributed by atoms with E-state index in [-0.39, 0.29) is 0 Å². The molecule has 1 aromatic carbocycles. The fourth-order valence-electron chi connectivity index (χ4n) is 2.87. The van der Waals surface area contributed by atoms with Gasteiger partial charge in [0.2, 0.25) is 0 Å². The maximum atomic E-state index is 6.01. The number of nitrogens with two attached hydrogens (primary N) is 1. The zero-order valence-corrected chi connectivity index (χ0v) is 10.1. The van der Waals surface area contributed by atoms with Crippen molar-refractivity contribution >= 4 is 5.69 Å². The SMILES string of the molecule is NC1CCCC(Nc2ccc3c(c2)CCO3)C1. The van der Waals surface area contributed by atoms with Crippen LogP contribution in [0.1, 0.15) is 31.2 Å². The molecule has 1 fully saturated rings. The van der Waals surface area contributed by atoms with Crippen molar-refractivity contribution in [3.05, 3.63) is 23.8 Å². The van der Waals surface area contributed by atoms with E-state index in [2.05, 4.69) is 23.5 Å². The smallest absolute Gasteiger partial charge is 0.122 e. The highest BCUT2D eigenvalue weighted by molar-refractivity contribution is 5.53. The predicted molar refractivity (Wildman–Crippen MR) is 69.5 cm³/mol. The number of anilines is 1. The van der Waals surface area contributed by atoms with Crippen LogP contribution < -0.4 is 15.8 Å². The second-order valence-electron chi connectivity index (χ2n) is 5.19. The van der Waals surface area contributed by atoms with Crippen LogP contribution in [0.25, 0.3) is 0 Å². The predicted octanol–water partition coefficient (Wildman–Crippen LogP) is 2.30. The minimum Gasteiger partial charge on any atom is -0.493 e. The van der Waals surface area contributed by atoms with Crippen molar-refractivity contribution in [1.29, 1.82) is 0 Å². The van der Waals surface area contributed by atoms with Gasteiger partial charge in [-0.3, -0.25) is 0 Å². The van der Waals surface area contributed by atoms with Crippen LogP contribution in [-0.2, 0) is 6.42 Å². The second kappa shape index (κ2) is 4.57. The molecule has 2 unspecified atom stereocenters. The van der Waals surface area contributed by atoms with Crippen molar-refractivity contribution in [3.8, 4) is 5.75 Å². The number of rotatable bonds is 2. The summed E-state index contributed by atoms with van der Waals surface area (Å²) in [7, 11) is 0. The minimum atomic E-state index is 0.374. The van der Waals surface area contributed by atoms with Crippen LogP contribution in [0, 0.1) is 0 Å². The summed E-state index contributed by atoms with van der Waals surface area (Å²) < 4.78 is 5.51. The van der Waals surface area contributed by atoms with Gasteiger partial charge in [-0.15, -0.1) is 0 Å². The molecule has 3 nitrogen and oxygen atoms in total. The first-order valence-corrected chi connectivity index (χ1v) is 6.59. The molecule has 0 saturated heterocycles. The average molecular weight is 232 g/mol. The number of ether oxygens (including phenoxy) is 1. The molecule has 0 amide bonds. The van der Waals surface area contributed by atoms with E-state index >= 15 is 0 Å². The van der Waals surface area contributed by atoms with Crippen LogP contribution in [-0.4, -0.2) is 18.7 Å². The molecule has 17 heavy (non-hydrogen) atoms. The van der Waals surface area contributed by atoms with E-state index < -0.39 is 0 Å². The molecule has 1 heterocycles. The van der Waals surface area contributed by atoms with Crippen molar-refractivity contribution in [2.24, 2.45) is 5.73 Å². The van der Waals surface area contributed by atoms with E-state index in [0.717, 1.165) is 25.2 Å². The van der Waals surface area contributed by atoms with E-state index in [1.165, 1.54) is 30.5 Å². The molecule has 0 radical (unpaired) electrons. The summed E-state index contributed by atoms with van der Waals surface area (Å²) in [6, 6.07) is 7.33. The van der Waals surface area contributed by atoms with Crippen LogP contribution >= 0.6 is 0 Å². The first-order valence-electron chi connectivity index (χ1n) is 6.59. The summed E-state index contributed by atoms with van der Waals surface area (Å²) in [5.74, 6) is 1.05. The number of hydrogen-bond acceptors (Lipinski definition) is 3. The molecule has 2 aliphatic rings. The van der Waals surface area contributed by atoms with Gasteiger partial charge in [0.15, 0.2) is 0 Å². The molecule has 92 valence electrons. The first kappa shape index (κ1) is 10.9. The van der Waals surface area contributed by atoms with E-state index in [0.29, 0.717) is 12.1 Å². The standard InChI is InChI=1S/C14H20N2O/c15-11-2-1-3-12(9-11)16-13-4-5-14-10(8-13)6-7-17-14/h4-5,8,11-12,16H,1-3,6-7,9,15H2. The van der Waals surface area contributed by atoms with Crippen LogP contribution in [0.3, 0.4) is 0 Å². The van der Waals surface area contributed by atoms with E-state index in [1.54, 1.807) is 0 Å². The summed E-state index contributed by atoms with van der Waals surface area (Å²) in [6.45, 7) is 0.826. The molecule has 0 spiro atoms. The normalized spacial score (nSPS) is 27.4. The zero-order valence-electron chi connectivity index (χ0n) is 10.1. The topological polar surface area (TPSA) is 47.3 Å². The van der Waals surface area contributed by atoms with Gasteiger partial charge >= 0.3 is 0 Å². The Kier molecular flexibility index (Phi) is 2.93. The van der Waals surface area contributed by atoms with Crippen LogP contribution in [0.2, 0.25) is 0 Å². The molecule has 3 N–H and O–H groups in total. The van der Waals surface area contributed by atoms with E-state index in [9.17, 15) is 0 Å². The van der Waals surface area contributed by atoms with E-state index in [4.69, 9.17) is 10.5 Å². The highest BCUT2D eigenvalue weighted by Crippen LogP contribution is 2.29. The maximum Gasteiger partial charge on any atom is 0.122 e. The summed E-state index contributed by atoms with van der Waals surface area (Å²) in [5, 5.41) is 3.61. The molecule has 1 aliphatic carbocycles. The molecular weight excluding hydrogens is 212 g/mol. The second-order valence-corrected chi connectivity index (χ2v) is 5.19. The Bertz CT molecular complexity index is 405. The molecule has 3 rings (SSSR count). The number of benzene rings is 1. The third-order valence-corrected chi connectivity index (χ3v) is 3.78. The van der Waals surface area contributed by atoms with Gasteiger partial charge in [0, 0.05) is 24.2 Å². The van der Waals surface area contributed by atoms with Crippen LogP contribution in [0.5, 0.6) is 5.75 Å². The summed E-state index contributed by atoms with van der Waals surface area (Å²) >= 11 is 0. The van der Waals surface area contributed by atoms with Crippen molar-refractivity contribution in [3.63, 3.8) is 0 Å². The molecule has 1 aliphatic heterocycles. The maximum absolute atomic E-state index is 6.01. The van der Waals surface area contributed by atoms with Gasteiger partial charge in [-0.05, 0) is 49.4 Å². The minimum absolute atomic E-state index is 0.374. The number of nitrogens with one attached hydrogen (secondary N) is 1. The molecule has 3 heteroatoms. The van der Waals surface area contributed by atoms with E-state index in [1.807, 2.05) is 0 Å². The first-order chi connectivity index (χ1) is 8.31. The summed E-state index contributed by atoms with van der Waals surface area (Å²) in [4.78, 5) is 0. The van der Waals surface area contributed by atoms with Crippen molar-refractivity contribution in [2.75, 3.05) is 11.9 Å². The van der Waals surface area contributed by atoms with Gasteiger partial charge in [0.05, 0.1) is 6.61 Å². The van der Waals surface area contributed by atoms with Crippen molar-refractivity contribution in [1.82, 2.24) is 0 Å².